The summed E-state index contributed by atoms with van der Waals surface area (Å²) in [4.78, 5) is 4.29. The SMILES string of the molecule is CCCOc1c(Br)cc(/C=N/Nc2ccc(S(=O)(=O)N(CC)CC)cn2)cc1OC. The van der Waals surface area contributed by atoms with E-state index in [0.717, 1.165) is 16.5 Å². The summed E-state index contributed by atoms with van der Waals surface area (Å²) >= 11 is 3.50. The third-order valence-electron chi connectivity index (χ3n) is 4.17. The number of ether oxygens (including phenoxy) is 2. The van der Waals surface area contributed by atoms with Crippen molar-refractivity contribution in [3.8, 4) is 11.5 Å². The van der Waals surface area contributed by atoms with Crippen molar-refractivity contribution in [3.63, 3.8) is 0 Å². The molecule has 1 N–H and O–H groups in total. The topological polar surface area (TPSA) is 93.1 Å². The standard InChI is InChI=1S/C20H27BrN4O4S/c1-5-10-29-20-17(21)11-15(12-18(20)28-4)13-23-24-19-9-8-16(14-22-19)30(26,27)25(6-2)7-3/h8-9,11-14H,5-7,10H2,1-4H3,(H,22,24)/b23-13+. The van der Waals surface area contributed by atoms with Crippen LogP contribution in [0.4, 0.5) is 5.82 Å². The molecule has 164 valence electrons. The molecule has 0 aliphatic heterocycles. The molecule has 0 saturated heterocycles. The lowest BCUT2D eigenvalue weighted by Gasteiger charge is -2.18. The first-order valence-corrected chi connectivity index (χ1v) is 11.9. The van der Waals surface area contributed by atoms with Crippen LogP contribution in [-0.2, 0) is 10.0 Å². The molecule has 0 atom stereocenters. The van der Waals surface area contributed by atoms with Crippen LogP contribution in [0.5, 0.6) is 11.5 Å². The number of methoxy groups -OCH3 is 1. The Bertz CT molecular complexity index is 962. The van der Waals surface area contributed by atoms with Gasteiger partial charge in [0.1, 0.15) is 10.7 Å². The van der Waals surface area contributed by atoms with Gasteiger partial charge in [-0.1, -0.05) is 20.8 Å². The number of halogens is 1. The Morgan fingerprint density at radius 1 is 1.23 bits per heavy atom. The smallest absolute Gasteiger partial charge is 0.244 e. The Balaban J connectivity index is 2.11. The molecule has 1 heterocycles. The van der Waals surface area contributed by atoms with Crippen molar-refractivity contribution >= 4 is 38.0 Å². The Morgan fingerprint density at radius 2 is 1.97 bits per heavy atom. The van der Waals surface area contributed by atoms with E-state index in [-0.39, 0.29) is 4.90 Å². The maximum atomic E-state index is 12.5. The van der Waals surface area contributed by atoms with Crippen LogP contribution < -0.4 is 14.9 Å². The largest absolute Gasteiger partial charge is 0.493 e. The number of hydrogen-bond donors (Lipinski definition) is 1. The van der Waals surface area contributed by atoms with E-state index in [1.165, 1.54) is 16.6 Å². The zero-order valence-corrected chi connectivity index (χ0v) is 20.0. The maximum Gasteiger partial charge on any atom is 0.244 e. The van der Waals surface area contributed by atoms with Crippen molar-refractivity contribution in [3.05, 3.63) is 40.5 Å². The van der Waals surface area contributed by atoms with Gasteiger partial charge in [-0.05, 0) is 52.2 Å². The van der Waals surface area contributed by atoms with Gasteiger partial charge in [0.25, 0.3) is 0 Å². The monoisotopic (exact) mass is 498 g/mol. The molecule has 10 heteroatoms. The molecule has 0 saturated carbocycles. The average molecular weight is 499 g/mol. The summed E-state index contributed by atoms with van der Waals surface area (Å²) in [7, 11) is -1.95. The molecule has 0 unspecified atom stereocenters. The number of nitrogens with zero attached hydrogens (tertiary/aromatic N) is 3. The molecule has 0 bridgehead atoms. The van der Waals surface area contributed by atoms with Crippen LogP contribution >= 0.6 is 15.9 Å². The molecule has 0 radical (unpaired) electrons. The molecule has 0 fully saturated rings. The summed E-state index contributed by atoms with van der Waals surface area (Å²) in [6.45, 7) is 7.04. The van der Waals surface area contributed by atoms with E-state index < -0.39 is 10.0 Å². The second kappa shape index (κ2) is 11.3. The van der Waals surface area contributed by atoms with Crippen molar-refractivity contribution in [2.45, 2.75) is 32.1 Å². The van der Waals surface area contributed by atoms with Gasteiger partial charge in [0.15, 0.2) is 11.5 Å². The molecule has 2 aromatic rings. The Labute approximate surface area is 186 Å². The molecule has 0 spiro atoms. The first-order valence-electron chi connectivity index (χ1n) is 9.62. The summed E-state index contributed by atoms with van der Waals surface area (Å²) in [6, 6.07) is 6.77. The van der Waals surface area contributed by atoms with Crippen LogP contribution in [0.15, 0.2) is 44.9 Å². The first kappa shape index (κ1) is 24.1. The van der Waals surface area contributed by atoms with E-state index in [9.17, 15) is 8.42 Å². The van der Waals surface area contributed by atoms with Gasteiger partial charge >= 0.3 is 0 Å². The zero-order chi connectivity index (χ0) is 22.1. The van der Waals surface area contributed by atoms with Gasteiger partial charge in [-0.3, -0.25) is 5.43 Å². The zero-order valence-electron chi connectivity index (χ0n) is 17.6. The lowest BCUT2D eigenvalue weighted by atomic mass is 10.2. The fourth-order valence-electron chi connectivity index (χ4n) is 2.64. The third-order valence-corrected chi connectivity index (χ3v) is 6.80. The average Bonchev–Trinajstić information content (AvgIpc) is 2.73. The predicted octanol–water partition coefficient (Wildman–Crippen LogP) is 4.12. The Hall–Kier alpha value is -2.17. The molecule has 0 amide bonds. The van der Waals surface area contributed by atoms with Crippen LogP contribution in [0.2, 0.25) is 0 Å². The highest BCUT2D eigenvalue weighted by Crippen LogP contribution is 2.36. The highest BCUT2D eigenvalue weighted by molar-refractivity contribution is 9.10. The van der Waals surface area contributed by atoms with E-state index in [1.54, 1.807) is 33.2 Å². The number of nitrogens with one attached hydrogen (secondary N) is 1. The van der Waals surface area contributed by atoms with Gasteiger partial charge in [0.05, 0.1) is 24.4 Å². The molecular formula is C20H27BrN4O4S. The van der Waals surface area contributed by atoms with Crippen molar-refractivity contribution < 1.29 is 17.9 Å². The second-order valence-corrected chi connectivity index (χ2v) is 9.01. The molecule has 30 heavy (non-hydrogen) atoms. The van der Waals surface area contributed by atoms with Crippen LogP contribution in [-0.4, -0.2) is 50.7 Å². The number of hydrogen-bond acceptors (Lipinski definition) is 7. The van der Waals surface area contributed by atoms with Gasteiger partial charge in [0.2, 0.25) is 10.0 Å². The lowest BCUT2D eigenvalue weighted by molar-refractivity contribution is 0.292. The number of rotatable bonds is 11. The molecule has 1 aromatic heterocycles. The minimum Gasteiger partial charge on any atom is -0.493 e. The minimum atomic E-state index is -3.53. The fraction of sp³-hybridized carbons (Fsp3) is 0.400. The minimum absolute atomic E-state index is 0.150. The van der Waals surface area contributed by atoms with Gasteiger partial charge in [0, 0.05) is 19.3 Å². The van der Waals surface area contributed by atoms with Crippen LogP contribution in [0, 0.1) is 0 Å². The van der Waals surface area contributed by atoms with Crippen LogP contribution in [0.3, 0.4) is 0 Å². The van der Waals surface area contributed by atoms with Crippen LogP contribution in [0.25, 0.3) is 0 Å². The summed E-state index contributed by atoms with van der Waals surface area (Å²) in [5.41, 5.74) is 3.59. The quantitative estimate of drug-likeness (QED) is 0.370. The van der Waals surface area contributed by atoms with Gasteiger partial charge in [-0.2, -0.15) is 9.41 Å². The van der Waals surface area contributed by atoms with E-state index >= 15 is 0 Å². The van der Waals surface area contributed by atoms with Gasteiger partial charge in [-0.25, -0.2) is 13.4 Å². The highest BCUT2D eigenvalue weighted by atomic mass is 79.9. The summed E-state index contributed by atoms with van der Waals surface area (Å²) in [6.07, 6.45) is 3.83. The van der Waals surface area contributed by atoms with E-state index in [2.05, 4.69) is 31.4 Å². The normalized spacial score (nSPS) is 11.8. The summed E-state index contributed by atoms with van der Waals surface area (Å²) in [5, 5.41) is 4.16. The number of aromatic nitrogens is 1. The fourth-order valence-corrected chi connectivity index (χ4v) is 4.62. The van der Waals surface area contributed by atoms with Crippen molar-refractivity contribution in [2.24, 2.45) is 5.10 Å². The van der Waals surface area contributed by atoms with Crippen molar-refractivity contribution in [2.75, 3.05) is 32.2 Å². The molecule has 8 nitrogen and oxygen atoms in total. The van der Waals surface area contributed by atoms with Crippen molar-refractivity contribution in [1.29, 1.82) is 0 Å². The van der Waals surface area contributed by atoms with Gasteiger partial charge in [-0.15, -0.1) is 0 Å². The molecule has 1 aromatic carbocycles. The second-order valence-electron chi connectivity index (χ2n) is 6.22. The molecule has 0 aliphatic carbocycles. The third kappa shape index (κ3) is 5.93. The number of sulfonamides is 1. The van der Waals surface area contributed by atoms with Crippen molar-refractivity contribution in [1.82, 2.24) is 9.29 Å². The Morgan fingerprint density at radius 3 is 2.53 bits per heavy atom. The lowest BCUT2D eigenvalue weighted by Crippen LogP contribution is -2.30. The molecular weight excluding hydrogens is 472 g/mol. The first-order chi connectivity index (χ1) is 14.4. The van der Waals surface area contributed by atoms with Gasteiger partial charge < -0.3 is 9.47 Å². The molecule has 0 aliphatic rings. The maximum absolute atomic E-state index is 12.5. The number of hydrazone groups is 1. The Kier molecular flexibility index (Phi) is 9.07. The summed E-state index contributed by atoms with van der Waals surface area (Å²) < 4.78 is 38.3. The van der Waals surface area contributed by atoms with E-state index in [1.807, 2.05) is 19.1 Å². The summed E-state index contributed by atoms with van der Waals surface area (Å²) in [5.74, 6) is 1.68. The predicted molar refractivity (Wildman–Crippen MR) is 122 cm³/mol. The molecule has 2 rings (SSSR count). The van der Waals surface area contributed by atoms with Crippen LogP contribution in [0.1, 0.15) is 32.8 Å². The highest BCUT2D eigenvalue weighted by Gasteiger charge is 2.21. The number of benzene rings is 1. The van der Waals surface area contributed by atoms with E-state index in [0.29, 0.717) is 37.0 Å². The number of pyridine rings is 1. The number of anilines is 1. The van der Waals surface area contributed by atoms with E-state index in [4.69, 9.17) is 9.47 Å².